The van der Waals surface area contributed by atoms with Gasteiger partial charge in [0.2, 0.25) is 0 Å². The van der Waals surface area contributed by atoms with Crippen molar-refractivity contribution in [3.63, 3.8) is 0 Å². The van der Waals surface area contributed by atoms with Gasteiger partial charge in [-0.15, -0.1) is 0 Å². The number of carbonyl (C=O) groups is 1. The van der Waals surface area contributed by atoms with Gasteiger partial charge in [-0.25, -0.2) is 13.9 Å². The van der Waals surface area contributed by atoms with E-state index in [4.69, 9.17) is 23.5 Å². The van der Waals surface area contributed by atoms with Crippen molar-refractivity contribution in [2.45, 2.75) is 75.0 Å². The van der Waals surface area contributed by atoms with Gasteiger partial charge in [-0.05, 0) is 37.5 Å². The summed E-state index contributed by atoms with van der Waals surface area (Å²) < 4.78 is 59.4. The third kappa shape index (κ3) is 14.2. The molecule has 0 spiro atoms. The summed E-state index contributed by atoms with van der Waals surface area (Å²) in [5, 5.41) is 58.2. The van der Waals surface area contributed by atoms with Gasteiger partial charge in [0.15, 0.2) is 19.1 Å². The van der Waals surface area contributed by atoms with E-state index in [1.807, 2.05) is 4.98 Å². The topological polar surface area (TPSA) is 373 Å². The van der Waals surface area contributed by atoms with E-state index in [0.29, 0.717) is 28.7 Å². The molecule has 320 valence electrons. The molecular formula is C31H38N4Na2O21P2. The number of carbonyl (C=O) groups excluding carboxylic acids is 1. The molecule has 2 fully saturated rings. The number of hydrogen-bond donors (Lipinski definition) is 7. The molecule has 11 unspecified atom stereocenters. The van der Waals surface area contributed by atoms with E-state index >= 15 is 0 Å². The number of nitrogens with zero attached hydrogens (tertiary/aromatic N) is 2. The second-order valence-electron chi connectivity index (χ2n) is 12.7. The summed E-state index contributed by atoms with van der Waals surface area (Å²) in [5.74, 6) is -0.108. The van der Waals surface area contributed by atoms with Crippen molar-refractivity contribution in [2.75, 3.05) is 26.4 Å². The first-order valence-electron chi connectivity index (χ1n) is 17.1. The molecule has 60 heavy (non-hydrogen) atoms. The normalized spacial score (nSPS) is 27.3. The smallest absolute Gasteiger partial charge is 0.756 e. The summed E-state index contributed by atoms with van der Waals surface area (Å²) in [7, 11) is -11.9. The van der Waals surface area contributed by atoms with Crippen LogP contribution in [0.15, 0.2) is 60.5 Å². The van der Waals surface area contributed by atoms with Crippen LogP contribution in [0.2, 0.25) is 0 Å². The van der Waals surface area contributed by atoms with Gasteiger partial charge >= 0.3 is 70.4 Å². The van der Waals surface area contributed by atoms with E-state index in [1.165, 1.54) is 12.1 Å². The average molecular weight is 911 g/mol. The van der Waals surface area contributed by atoms with Crippen molar-refractivity contribution in [1.82, 2.24) is 14.9 Å². The molecule has 2 aliphatic heterocycles. The Labute approximate surface area is 382 Å². The van der Waals surface area contributed by atoms with Crippen LogP contribution in [0, 0.1) is 6.92 Å². The van der Waals surface area contributed by atoms with Crippen LogP contribution in [0.5, 0.6) is 5.75 Å². The van der Waals surface area contributed by atoms with Gasteiger partial charge in [-0.3, -0.25) is 32.8 Å². The molecule has 0 saturated carbocycles. The number of hydrogen-bond acceptors (Lipinski definition) is 22. The van der Waals surface area contributed by atoms with Crippen LogP contribution in [-0.2, 0) is 41.6 Å². The van der Waals surface area contributed by atoms with Gasteiger partial charge in [-0.1, -0.05) is 5.16 Å². The fourth-order valence-corrected chi connectivity index (χ4v) is 7.62. The molecular weight excluding hydrogens is 872 g/mol. The molecule has 0 bridgehead atoms. The monoisotopic (exact) mass is 910 g/mol. The van der Waals surface area contributed by atoms with Crippen LogP contribution in [0.25, 0.3) is 11.0 Å². The van der Waals surface area contributed by atoms with Crippen LogP contribution in [0.4, 0.5) is 0 Å². The zero-order chi connectivity index (χ0) is 42.4. The van der Waals surface area contributed by atoms with E-state index in [0.717, 1.165) is 29.4 Å². The van der Waals surface area contributed by atoms with Crippen LogP contribution in [0.1, 0.15) is 24.6 Å². The van der Waals surface area contributed by atoms with Crippen molar-refractivity contribution in [3.05, 3.63) is 73.4 Å². The Morgan fingerprint density at radius 2 is 1.70 bits per heavy atom. The number of H-pyrrole nitrogens is 1. The summed E-state index contributed by atoms with van der Waals surface area (Å²) in [4.78, 5) is 78.9. The van der Waals surface area contributed by atoms with E-state index in [1.54, 1.807) is 19.1 Å². The molecule has 2 aromatic heterocycles. The predicted molar refractivity (Wildman–Crippen MR) is 187 cm³/mol. The Morgan fingerprint density at radius 1 is 0.967 bits per heavy atom. The third-order valence-electron chi connectivity index (χ3n) is 8.46. The van der Waals surface area contributed by atoms with Gasteiger partial charge in [0, 0.05) is 36.3 Å². The van der Waals surface area contributed by atoms with E-state index in [9.17, 15) is 63.6 Å². The minimum Gasteiger partial charge on any atom is -0.756 e. The Kier molecular flexibility index (Phi) is 20.0. The first-order chi connectivity index (χ1) is 27.3. The molecule has 1 amide bonds. The first-order valence-corrected chi connectivity index (χ1v) is 20.0. The molecule has 25 nitrogen and oxygen atoms in total. The van der Waals surface area contributed by atoms with Gasteiger partial charge in [0.05, 0.1) is 12.8 Å². The number of aryl methyl sites for hydroxylation is 1. The Hall–Kier alpha value is -2.17. The number of unbranched alkanes of at least 4 members (excludes halogenated alkanes) is 1. The van der Waals surface area contributed by atoms with Crippen LogP contribution >= 0.6 is 15.6 Å². The number of ether oxygens (including phenoxy) is 3. The molecule has 2 saturated heterocycles. The van der Waals surface area contributed by atoms with Crippen LogP contribution in [0.3, 0.4) is 0 Å². The van der Waals surface area contributed by atoms with Gasteiger partial charge in [0.1, 0.15) is 60.7 Å². The van der Waals surface area contributed by atoms with Gasteiger partial charge in [-0.2, -0.15) is 0 Å². The number of fused-ring (bicyclic) bond motifs is 1. The second kappa shape index (κ2) is 23.0. The SMILES string of the molecule is Cc1cc(=O)oc2cc(OCC(=O)NCCCCON=CC3OC(OP(=O)([O-])OP(=O)([O-])OCC4OC(n5ccc(=O)[nH]c5=O)C(O)C4O)C(O)C(O)C3O)ccc12.[Na+].[Na+]. The van der Waals surface area contributed by atoms with Crippen LogP contribution < -0.4 is 95.8 Å². The zero-order valence-electron chi connectivity index (χ0n) is 32.0. The fraction of sp³-hybridized carbons (Fsp3) is 0.516. The molecule has 0 radical (unpaired) electrons. The molecule has 7 N–H and O–H groups in total. The molecule has 11 atom stereocenters. The number of benzene rings is 1. The average Bonchev–Trinajstić information content (AvgIpc) is 3.42. The number of oxime groups is 1. The van der Waals surface area contributed by atoms with E-state index in [2.05, 4.69) is 23.8 Å². The minimum atomic E-state index is -6.03. The molecule has 29 heteroatoms. The van der Waals surface area contributed by atoms with Gasteiger partial charge in [0.25, 0.3) is 27.1 Å². The van der Waals surface area contributed by atoms with Crippen molar-refractivity contribution in [3.8, 4) is 5.75 Å². The number of phosphoric acid groups is 2. The molecule has 5 rings (SSSR count). The van der Waals surface area contributed by atoms with Crippen molar-refractivity contribution in [2.24, 2.45) is 5.16 Å². The number of aromatic amines is 1. The standard InChI is InChI=1S/C31H40N4O21P2.2Na/c1-15-10-23(38)52-18-11-16(4-5-17(15)18)49-14-22(37)32-7-2-3-9-50-33-12-19-24(39)26(41)28(43)30(54-19)55-58(47,48)56-57(45,46)51-13-20-25(40)27(42)29(53-20)35-8-6-21(36)34-31(35)44;;/h4-6,8,10-12,19-20,24-30,39-43H,2-3,7,9,13-14H2,1H3,(H,32,37)(H,45,46)(H,47,48)(H,34,36,44);;/q;2*+1/p-2. The quantitative estimate of drug-likeness (QED) is 0.0156. The van der Waals surface area contributed by atoms with E-state index < -0.39 is 100 Å². The maximum Gasteiger partial charge on any atom is 1.00 e. The number of aliphatic hydroxyl groups excluding tert-OH is 5. The molecule has 1 aromatic carbocycles. The number of aromatic nitrogens is 2. The summed E-state index contributed by atoms with van der Waals surface area (Å²) in [6.45, 7) is 0.510. The van der Waals surface area contributed by atoms with Crippen LogP contribution in [-0.4, -0.2) is 123 Å². The number of amides is 1. The summed E-state index contributed by atoms with van der Waals surface area (Å²) in [6.07, 6.45) is -14.8. The summed E-state index contributed by atoms with van der Waals surface area (Å²) in [6, 6.07) is 7.11. The molecule has 4 heterocycles. The Morgan fingerprint density at radius 3 is 2.42 bits per heavy atom. The summed E-state index contributed by atoms with van der Waals surface area (Å²) >= 11 is 0. The Balaban J connectivity index is 0.00000480. The van der Waals surface area contributed by atoms with Gasteiger partial charge < -0.3 is 68.6 Å². The van der Waals surface area contributed by atoms with Crippen molar-refractivity contribution >= 4 is 38.7 Å². The largest absolute Gasteiger partial charge is 1.00 e. The first kappa shape index (κ1) is 52.2. The molecule has 2 aliphatic rings. The number of nitrogens with one attached hydrogen (secondary N) is 2. The Bertz CT molecular complexity index is 2230. The van der Waals surface area contributed by atoms with E-state index in [-0.39, 0.29) is 78.9 Å². The number of aliphatic hydroxyl groups is 5. The second-order valence-corrected chi connectivity index (χ2v) is 15.6. The summed E-state index contributed by atoms with van der Waals surface area (Å²) in [5.41, 5.74) is -1.28. The number of rotatable bonds is 18. The maximum absolute atomic E-state index is 12.5. The predicted octanol–water partition coefficient (Wildman–Crippen LogP) is -9.65. The van der Waals surface area contributed by atoms with Crippen molar-refractivity contribution in [1.29, 1.82) is 0 Å². The zero-order valence-corrected chi connectivity index (χ0v) is 37.8. The van der Waals surface area contributed by atoms with Crippen molar-refractivity contribution < 1.29 is 145 Å². The fourth-order valence-electron chi connectivity index (χ4n) is 5.54. The third-order valence-corrected chi connectivity index (χ3v) is 11.0. The molecule has 3 aromatic rings. The minimum absolute atomic E-state index is 0. The number of phosphoric ester groups is 2. The molecule has 0 aliphatic carbocycles. The maximum atomic E-state index is 12.5.